The smallest absolute Gasteiger partial charge is 0.255 e. The van der Waals surface area contributed by atoms with Crippen molar-refractivity contribution in [1.82, 2.24) is 25.1 Å². The fraction of sp³-hybridized carbons (Fsp3) is 0.320. The maximum absolute atomic E-state index is 12.9. The van der Waals surface area contributed by atoms with Crippen molar-refractivity contribution in [3.05, 3.63) is 54.0 Å². The Bertz CT molecular complexity index is 1370. The Balaban J connectivity index is 1.44. The van der Waals surface area contributed by atoms with E-state index in [0.29, 0.717) is 36.0 Å². The van der Waals surface area contributed by atoms with Crippen LogP contribution in [0, 0.1) is 0 Å². The van der Waals surface area contributed by atoms with Crippen molar-refractivity contribution < 1.29 is 14.3 Å². The lowest BCUT2D eigenvalue weighted by Gasteiger charge is -2.16. The third-order valence-electron chi connectivity index (χ3n) is 6.47. The molecule has 3 aromatic heterocycles. The van der Waals surface area contributed by atoms with Gasteiger partial charge < -0.3 is 25.1 Å². The van der Waals surface area contributed by atoms with E-state index in [9.17, 15) is 4.79 Å². The zero-order valence-electron chi connectivity index (χ0n) is 18.9. The van der Waals surface area contributed by atoms with Gasteiger partial charge in [0.2, 0.25) is 0 Å². The number of hydrogen-bond donors (Lipinski definition) is 3. The lowest BCUT2D eigenvalue weighted by atomic mass is 10.1. The lowest BCUT2D eigenvalue weighted by Crippen LogP contribution is -2.31. The van der Waals surface area contributed by atoms with E-state index >= 15 is 0 Å². The zero-order valence-corrected chi connectivity index (χ0v) is 18.9. The first-order valence-electron chi connectivity index (χ1n) is 11.6. The van der Waals surface area contributed by atoms with Crippen LogP contribution in [0.4, 0.5) is 11.5 Å². The third-order valence-corrected chi connectivity index (χ3v) is 6.47. The minimum atomic E-state index is -0.109. The Labute approximate surface area is 196 Å². The monoisotopic (exact) mass is 458 g/mol. The SMILES string of the molecule is Cn1nc(Nc2c(-c3ccncc3OC[C@H]3CCCO3)[nH]c3c2C(=O)NCC3)c2ccccc21. The second-order valence-corrected chi connectivity index (χ2v) is 8.67. The second-order valence-electron chi connectivity index (χ2n) is 8.67. The highest BCUT2D eigenvalue weighted by Gasteiger charge is 2.29. The summed E-state index contributed by atoms with van der Waals surface area (Å²) >= 11 is 0. The molecule has 0 aliphatic carbocycles. The molecule has 5 heterocycles. The van der Waals surface area contributed by atoms with E-state index in [1.165, 1.54) is 0 Å². The van der Waals surface area contributed by atoms with Crippen molar-refractivity contribution >= 4 is 28.3 Å². The van der Waals surface area contributed by atoms with Crippen molar-refractivity contribution in [1.29, 1.82) is 0 Å². The van der Waals surface area contributed by atoms with Crippen LogP contribution in [0.2, 0.25) is 0 Å². The largest absolute Gasteiger partial charge is 0.489 e. The Morgan fingerprint density at radius 2 is 2.21 bits per heavy atom. The molecule has 1 atom stereocenters. The molecule has 9 heteroatoms. The number of aromatic nitrogens is 4. The van der Waals surface area contributed by atoms with Gasteiger partial charge in [-0.2, -0.15) is 5.10 Å². The number of rotatable bonds is 6. The molecular weight excluding hydrogens is 432 g/mol. The van der Waals surface area contributed by atoms with Crippen molar-refractivity contribution in [2.45, 2.75) is 25.4 Å². The molecule has 0 radical (unpaired) electrons. The maximum atomic E-state index is 12.9. The van der Waals surface area contributed by atoms with E-state index in [4.69, 9.17) is 9.47 Å². The highest BCUT2D eigenvalue weighted by molar-refractivity contribution is 6.07. The molecule has 34 heavy (non-hydrogen) atoms. The van der Waals surface area contributed by atoms with Gasteiger partial charge in [0.25, 0.3) is 5.91 Å². The number of H-pyrrole nitrogens is 1. The number of benzene rings is 1. The zero-order chi connectivity index (χ0) is 23.1. The molecule has 1 aromatic carbocycles. The van der Waals surface area contributed by atoms with Crippen molar-refractivity contribution in [3.63, 3.8) is 0 Å². The van der Waals surface area contributed by atoms with E-state index in [1.807, 2.05) is 42.1 Å². The number of aryl methyl sites for hydroxylation is 1. The summed E-state index contributed by atoms with van der Waals surface area (Å²) in [6.45, 7) is 1.84. The Hall–Kier alpha value is -3.85. The summed E-state index contributed by atoms with van der Waals surface area (Å²) < 4.78 is 13.7. The Morgan fingerprint density at radius 1 is 1.29 bits per heavy atom. The van der Waals surface area contributed by atoms with Crippen LogP contribution in [0.15, 0.2) is 42.7 Å². The van der Waals surface area contributed by atoms with Crippen LogP contribution >= 0.6 is 0 Å². The number of hydrogen-bond acceptors (Lipinski definition) is 6. The predicted molar refractivity (Wildman–Crippen MR) is 129 cm³/mol. The van der Waals surface area contributed by atoms with Gasteiger partial charge in [-0.25, -0.2) is 0 Å². The molecule has 1 saturated heterocycles. The summed E-state index contributed by atoms with van der Waals surface area (Å²) in [7, 11) is 1.91. The van der Waals surface area contributed by atoms with E-state index in [-0.39, 0.29) is 12.0 Å². The van der Waals surface area contributed by atoms with Crippen LogP contribution in [0.1, 0.15) is 28.9 Å². The molecule has 1 fully saturated rings. The van der Waals surface area contributed by atoms with Gasteiger partial charge in [-0.15, -0.1) is 0 Å². The normalized spacial score (nSPS) is 17.6. The molecule has 0 unspecified atom stereocenters. The molecule has 174 valence electrons. The number of amides is 1. The number of carbonyl (C=O) groups excluding carboxylic acids is 1. The average molecular weight is 459 g/mol. The summed E-state index contributed by atoms with van der Waals surface area (Å²) in [5.41, 5.74) is 4.80. The van der Waals surface area contributed by atoms with Gasteiger partial charge in [-0.3, -0.25) is 14.5 Å². The van der Waals surface area contributed by atoms with Gasteiger partial charge in [0.1, 0.15) is 12.4 Å². The Morgan fingerprint density at radius 3 is 3.09 bits per heavy atom. The number of carbonyl (C=O) groups is 1. The molecule has 4 aromatic rings. The molecule has 2 aliphatic rings. The van der Waals surface area contributed by atoms with Gasteiger partial charge >= 0.3 is 0 Å². The molecule has 9 nitrogen and oxygen atoms in total. The van der Waals surface area contributed by atoms with Gasteiger partial charge in [-0.1, -0.05) is 12.1 Å². The highest BCUT2D eigenvalue weighted by Crippen LogP contribution is 2.41. The number of para-hydroxylation sites is 1. The number of fused-ring (bicyclic) bond motifs is 2. The molecule has 0 saturated carbocycles. The summed E-state index contributed by atoms with van der Waals surface area (Å²) in [5.74, 6) is 1.23. The highest BCUT2D eigenvalue weighted by atomic mass is 16.5. The minimum Gasteiger partial charge on any atom is -0.489 e. The van der Waals surface area contributed by atoms with Crippen LogP contribution in [0.25, 0.3) is 22.2 Å². The van der Waals surface area contributed by atoms with Crippen molar-refractivity contribution in [2.24, 2.45) is 7.05 Å². The molecular formula is C25H26N6O3. The van der Waals surface area contributed by atoms with E-state index < -0.39 is 0 Å². The molecule has 6 rings (SSSR count). The second kappa shape index (κ2) is 8.49. The standard InChI is InChI=1S/C25H26N6O3/c1-31-19-7-3-2-6-16(19)24(30-31)29-23-21-18(9-11-27-25(21)32)28-22(23)17-8-10-26-13-20(17)34-14-15-5-4-12-33-15/h2-3,6-8,10,13,15,28H,4-5,9,11-12,14H2,1H3,(H,27,32)(H,29,30)/t15-/m1/s1. The number of anilines is 2. The van der Waals surface area contributed by atoms with Crippen LogP contribution in [0.5, 0.6) is 5.75 Å². The first-order valence-corrected chi connectivity index (χ1v) is 11.6. The molecule has 2 aliphatic heterocycles. The summed E-state index contributed by atoms with van der Waals surface area (Å²) in [5, 5.41) is 12.1. The molecule has 0 bridgehead atoms. The van der Waals surface area contributed by atoms with Crippen LogP contribution < -0.4 is 15.4 Å². The van der Waals surface area contributed by atoms with Crippen LogP contribution in [0.3, 0.4) is 0 Å². The van der Waals surface area contributed by atoms with Gasteiger partial charge in [0, 0.05) is 49.5 Å². The first-order chi connectivity index (χ1) is 16.7. The molecule has 0 spiro atoms. The van der Waals surface area contributed by atoms with Crippen LogP contribution in [-0.2, 0) is 18.2 Å². The van der Waals surface area contributed by atoms with Gasteiger partial charge in [-0.05, 0) is 31.0 Å². The summed E-state index contributed by atoms with van der Waals surface area (Å²) in [4.78, 5) is 20.7. The van der Waals surface area contributed by atoms with Crippen LogP contribution in [-0.4, -0.2) is 51.5 Å². The quantitative estimate of drug-likeness (QED) is 0.408. The lowest BCUT2D eigenvalue weighted by molar-refractivity contribution is 0.0680. The number of ether oxygens (including phenoxy) is 2. The van der Waals surface area contributed by atoms with E-state index in [1.54, 1.807) is 12.4 Å². The summed E-state index contributed by atoms with van der Waals surface area (Å²) in [6.07, 6.45) is 6.30. The van der Waals surface area contributed by atoms with E-state index in [0.717, 1.165) is 53.7 Å². The third kappa shape index (κ3) is 3.58. The van der Waals surface area contributed by atoms with Gasteiger partial charge in [0.05, 0.1) is 34.8 Å². The number of aromatic amines is 1. The number of pyridine rings is 1. The topological polar surface area (TPSA) is 106 Å². The molecule has 1 amide bonds. The number of nitrogens with zero attached hydrogens (tertiary/aromatic N) is 3. The maximum Gasteiger partial charge on any atom is 0.255 e. The fourth-order valence-electron chi connectivity index (χ4n) is 4.79. The minimum absolute atomic E-state index is 0.0909. The predicted octanol–water partition coefficient (Wildman–Crippen LogP) is 3.55. The Kier molecular flexibility index (Phi) is 5.18. The molecule has 3 N–H and O–H groups in total. The van der Waals surface area contributed by atoms with Crippen molar-refractivity contribution in [3.8, 4) is 17.0 Å². The fourth-order valence-corrected chi connectivity index (χ4v) is 4.79. The summed E-state index contributed by atoms with van der Waals surface area (Å²) in [6, 6.07) is 9.91. The first kappa shape index (κ1) is 20.7. The average Bonchev–Trinajstić information content (AvgIpc) is 3.58. The van der Waals surface area contributed by atoms with Crippen molar-refractivity contribution in [2.75, 3.05) is 25.1 Å². The van der Waals surface area contributed by atoms with Gasteiger partial charge in [0.15, 0.2) is 5.82 Å². The van der Waals surface area contributed by atoms with E-state index in [2.05, 4.69) is 25.7 Å². The number of nitrogens with one attached hydrogen (secondary N) is 3.